The molecule has 0 spiro atoms. The molecular formula is C25H28F2N5O3S+. The van der Waals surface area contributed by atoms with Crippen LogP contribution in [0.2, 0.25) is 0 Å². The maximum absolute atomic E-state index is 13.9. The Morgan fingerprint density at radius 2 is 1.86 bits per heavy atom. The van der Waals surface area contributed by atoms with Crippen LogP contribution in [0, 0.1) is 17.6 Å². The molecule has 0 bridgehead atoms. The van der Waals surface area contributed by atoms with Gasteiger partial charge in [0.05, 0.1) is 24.5 Å². The highest BCUT2D eigenvalue weighted by Gasteiger charge is 2.39. The molecule has 8 nitrogen and oxygen atoms in total. The zero-order chi connectivity index (χ0) is 26.4. The van der Waals surface area contributed by atoms with E-state index < -0.39 is 33.1 Å². The molecule has 0 saturated carbocycles. The predicted molar refractivity (Wildman–Crippen MR) is 131 cm³/mol. The number of carbonyl (C=O) groups excluding carboxylic acids is 1. The standard InChI is InChI=1S/C25H27F2N5O3S/c1-15-13-25(2,3)32(14-15)23-19(7-8-20(29-23)16-10-17(26)12-18(27)11-16)24(33)30-36(34,35)21-6-5-9-31(4)22(21)28/h5-12,15,28H,13-14H2,1-4H3,(H,30,33)/p+1/t15-/m0/s1. The number of hydrogen-bond donors (Lipinski definition) is 2. The Bertz CT molecular complexity index is 1440. The smallest absolute Gasteiger partial charge is 0.293 e. The summed E-state index contributed by atoms with van der Waals surface area (Å²) < 4.78 is 57.3. The summed E-state index contributed by atoms with van der Waals surface area (Å²) >= 11 is 0. The van der Waals surface area contributed by atoms with E-state index in [-0.39, 0.29) is 39.3 Å². The summed E-state index contributed by atoms with van der Waals surface area (Å²) in [6.45, 7) is 6.62. The lowest BCUT2D eigenvalue weighted by Gasteiger charge is -2.34. The van der Waals surface area contributed by atoms with Gasteiger partial charge >= 0.3 is 0 Å². The number of aromatic nitrogens is 2. The Balaban J connectivity index is 1.80. The van der Waals surface area contributed by atoms with E-state index in [1.54, 1.807) is 13.2 Å². The van der Waals surface area contributed by atoms with Crippen LogP contribution in [-0.4, -0.2) is 31.4 Å². The summed E-state index contributed by atoms with van der Waals surface area (Å²) in [5, 5.41) is 0. The minimum atomic E-state index is -4.31. The number of nitrogen functional groups attached to an aromatic ring is 1. The summed E-state index contributed by atoms with van der Waals surface area (Å²) in [4.78, 5) is 19.6. The topological polar surface area (TPSA) is 109 Å². The van der Waals surface area contributed by atoms with Crippen LogP contribution in [-0.2, 0) is 17.1 Å². The van der Waals surface area contributed by atoms with Crippen LogP contribution in [0.15, 0.2) is 53.6 Å². The Morgan fingerprint density at radius 1 is 1.19 bits per heavy atom. The van der Waals surface area contributed by atoms with Gasteiger partial charge in [-0.15, -0.1) is 0 Å². The number of amides is 1. The van der Waals surface area contributed by atoms with Gasteiger partial charge in [0, 0.05) is 23.7 Å². The van der Waals surface area contributed by atoms with Crippen molar-refractivity contribution >= 4 is 27.6 Å². The zero-order valence-electron chi connectivity index (χ0n) is 20.4. The highest BCUT2D eigenvalue weighted by molar-refractivity contribution is 7.90. The van der Waals surface area contributed by atoms with E-state index in [1.807, 2.05) is 18.7 Å². The number of hydrogen-bond acceptors (Lipinski definition) is 6. The molecule has 0 unspecified atom stereocenters. The molecule has 2 aromatic heterocycles. The van der Waals surface area contributed by atoms with Crippen LogP contribution in [0.4, 0.5) is 20.4 Å². The van der Waals surface area contributed by atoms with Crippen molar-refractivity contribution in [3.05, 3.63) is 65.9 Å². The summed E-state index contributed by atoms with van der Waals surface area (Å²) in [7, 11) is -2.72. The van der Waals surface area contributed by atoms with Crippen molar-refractivity contribution in [2.45, 2.75) is 37.6 Å². The third kappa shape index (κ3) is 4.88. The Hall–Kier alpha value is -3.60. The SMILES string of the molecule is C[C@@H]1CN(c2nc(-c3cc(F)cc(F)c3)ccc2C(=O)NS(=O)(=O)c2ccc[n+](C)c2N)C(C)(C)C1. The molecule has 11 heteroatoms. The molecule has 0 radical (unpaired) electrons. The van der Waals surface area contributed by atoms with E-state index >= 15 is 0 Å². The van der Waals surface area contributed by atoms with Crippen molar-refractivity contribution in [2.75, 3.05) is 17.2 Å². The van der Waals surface area contributed by atoms with E-state index in [0.717, 1.165) is 24.6 Å². The molecular weight excluding hydrogens is 488 g/mol. The first kappa shape index (κ1) is 25.5. The molecule has 1 aliphatic rings. The number of rotatable bonds is 5. The van der Waals surface area contributed by atoms with Gasteiger partial charge in [-0.05, 0) is 62.6 Å². The molecule has 1 amide bonds. The average molecular weight is 517 g/mol. The van der Waals surface area contributed by atoms with Crippen LogP contribution in [0.1, 0.15) is 37.6 Å². The van der Waals surface area contributed by atoms with Crippen molar-refractivity contribution in [3.63, 3.8) is 0 Å². The van der Waals surface area contributed by atoms with E-state index in [0.29, 0.717) is 6.54 Å². The van der Waals surface area contributed by atoms with Gasteiger partial charge in [0.2, 0.25) is 0 Å². The third-order valence-corrected chi connectivity index (χ3v) is 7.69. The van der Waals surface area contributed by atoms with E-state index in [9.17, 15) is 22.0 Å². The number of halogens is 2. The van der Waals surface area contributed by atoms with Crippen molar-refractivity contribution < 1.29 is 26.6 Å². The van der Waals surface area contributed by atoms with Gasteiger partial charge in [0.15, 0.2) is 4.90 Å². The Kier molecular flexibility index (Phi) is 6.46. The van der Waals surface area contributed by atoms with E-state index in [2.05, 4.69) is 16.6 Å². The van der Waals surface area contributed by atoms with Crippen molar-refractivity contribution in [2.24, 2.45) is 13.0 Å². The van der Waals surface area contributed by atoms with E-state index in [4.69, 9.17) is 5.73 Å². The molecule has 1 atom stereocenters. The minimum absolute atomic E-state index is 0.0141. The van der Waals surface area contributed by atoms with E-state index in [1.165, 1.54) is 28.8 Å². The molecule has 3 N–H and O–H groups in total. The van der Waals surface area contributed by atoms with Gasteiger partial charge in [-0.3, -0.25) is 10.5 Å². The molecule has 3 aromatic rings. The highest BCUT2D eigenvalue weighted by Crippen LogP contribution is 2.38. The predicted octanol–water partition coefficient (Wildman–Crippen LogP) is 3.18. The largest absolute Gasteiger partial charge is 0.351 e. The number of sulfonamides is 1. The minimum Gasteiger partial charge on any atom is -0.351 e. The quantitative estimate of drug-likeness (QED) is 0.504. The molecule has 1 aliphatic heterocycles. The van der Waals surface area contributed by atoms with Crippen molar-refractivity contribution in [1.82, 2.24) is 9.71 Å². The van der Waals surface area contributed by atoms with Crippen LogP contribution in [0.3, 0.4) is 0 Å². The summed E-state index contributed by atoms with van der Waals surface area (Å²) in [5.41, 5.74) is 5.98. The molecule has 190 valence electrons. The normalized spacial score (nSPS) is 17.3. The van der Waals surface area contributed by atoms with Gasteiger partial charge in [-0.2, -0.15) is 0 Å². The van der Waals surface area contributed by atoms with Gasteiger partial charge in [0.1, 0.15) is 17.5 Å². The number of nitrogens with two attached hydrogens (primary N) is 1. The fourth-order valence-electron chi connectivity index (χ4n) is 4.71. The molecule has 1 fully saturated rings. The second kappa shape index (κ2) is 9.12. The van der Waals surface area contributed by atoms with Crippen molar-refractivity contribution in [1.29, 1.82) is 0 Å². The zero-order valence-corrected chi connectivity index (χ0v) is 21.2. The monoisotopic (exact) mass is 516 g/mol. The number of nitrogens with zero attached hydrogens (tertiary/aromatic N) is 3. The maximum Gasteiger partial charge on any atom is 0.293 e. The van der Waals surface area contributed by atoms with Crippen LogP contribution in [0.5, 0.6) is 0 Å². The third-order valence-electron chi connectivity index (χ3n) is 6.31. The second-order valence-corrected chi connectivity index (χ2v) is 11.4. The molecule has 4 rings (SSSR count). The molecule has 3 heterocycles. The van der Waals surface area contributed by atoms with Gasteiger partial charge < -0.3 is 4.90 Å². The average Bonchev–Trinajstić information content (AvgIpc) is 3.05. The lowest BCUT2D eigenvalue weighted by atomic mass is 9.97. The number of benzene rings is 1. The number of aryl methyl sites for hydroxylation is 1. The number of nitrogens with one attached hydrogen (secondary N) is 1. The first-order valence-corrected chi connectivity index (χ1v) is 12.8. The van der Waals surface area contributed by atoms with Crippen LogP contribution >= 0.6 is 0 Å². The van der Waals surface area contributed by atoms with Crippen LogP contribution in [0.25, 0.3) is 11.3 Å². The molecule has 1 aromatic carbocycles. The highest BCUT2D eigenvalue weighted by atomic mass is 32.2. The summed E-state index contributed by atoms with van der Waals surface area (Å²) in [5.74, 6) is -1.94. The first-order valence-electron chi connectivity index (χ1n) is 11.3. The lowest BCUT2D eigenvalue weighted by Crippen LogP contribution is -2.41. The number of anilines is 2. The van der Waals surface area contributed by atoms with Gasteiger partial charge in [-0.1, -0.05) is 6.92 Å². The summed E-state index contributed by atoms with van der Waals surface area (Å²) in [6.07, 6.45) is 2.40. The molecule has 36 heavy (non-hydrogen) atoms. The first-order chi connectivity index (χ1) is 16.8. The van der Waals surface area contributed by atoms with Gasteiger partial charge in [0.25, 0.3) is 21.7 Å². The lowest BCUT2D eigenvalue weighted by molar-refractivity contribution is -0.658. The van der Waals surface area contributed by atoms with Crippen molar-refractivity contribution in [3.8, 4) is 11.3 Å². The maximum atomic E-state index is 13.9. The van der Waals surface area contributed by atoms with Gasteiger partial charge in [-0.25, -0.2) is 31.5 Å². The second-order valence-electron chi connectivity index (χ2n) is 9.76. The van der Waals surface area contributed by atoms with Crippen LogP contribution < -0.4 is 19.9 Å². The fraction of sp³-hybridized carbons (Fsp3) is 0.320. The summed E-state index contributed by atoms with van der Waals surface area (Å²) in [6, 6.07) is 8.71. The fourth-order valence-corrected chi connectivity index (χ4v) is 5.85. The Labute approximate surface area is 208 Å². The molecule has 0 aliphatic carbocycles. The number of carbonyl (C=O) groups is 1. The number of pyridine rings is 2. The molecule has 1 saturated heterocycles. The Morgan fingerprint density at radius 3 is 2.47 bits per heavy atom.